The molecule has 84 valence electrons. The molecular formula is C9H4ClF2NOS2. The van der Waals surface area contributed by atoms with Crippen LogP contribution in [0.5, 0.6) is 0 Å². The van der Waals surface area contributed by atoms with Gasteiger partial charge in [0.25, 0.3) is 6.43 Å². The number of halogens is 3. The number of thiophene rings is 1. The van der Waals surface area contributed by atoms with Crippen LogP contribution in [-0.4, -0.2) is 10.8 Å². The maximum atomic E-state index is 12.6. The highest BCUT2D eigenvalue weighted by Crippen LogP contribution is 2.32. The van der Waals surface area contributed by atoms with E-state index in [9.17, 15) is 13.6 Å². The van der Waals surface area contributed by atoms with Gasteiger partial charge in [0.1, 0.15) is 10.6 Å². The molecule has 0 spiro atoms. The molecule has 16 heavy (non-hydrogen) atoms. The van der Waals surface area contributed by atoms with Crippen LogP contribution in [0.25, 0.3) is 0 Å². The molecule has 0 amide bonds. The van der Waals surface area contributed by atoms with Crippen molar-refractivity contribution >= 4 is 40.1 Å². The number of carbonyl (C=O) groups is 1. The average molecular weight is 280 g/mol. The molecule has 0 atom stereocenters. The molecule has 2 aromatic heterocycles. The van der Waals surface area contributed by atoms with Crippen molar-refractivity contribution in [3.05, 3.63) is 37.4 Å². The van der Waals surface area contributed by atoms with Gasteiger partial charge in [-0.2, -0.15) is 0 Å². The number of rotatable bonds is 3. The molecule has 2 nitrogen and oxygen atoms in total. The molecule has 2 aromatic rings. The standard InChI is InChI=1S/C9H4ClF2NOS2/c10-9-13-5(8(11)12)7(16-9)6(14)4-2-1-3-15-4/h1-3,8H. The van der Waals surface area contributed by atoms with Gasteiger partial charge in [-0.25, -0.2) is 13.8 Å². The number of nitrogens with zero attached hydrogens (tertiary/aromatic N) is 1. The molecule has 7 heteroatoms. The van der Waals surface area contributed by atoms with Gasteiger partial charge in [-0.05, 0) is 11.4 Å². The summed E-state index contributed by atoms with van der Waals surface area (Å²) < 4.78 is 25.1. The van der Waals surface area contributed by atoms with E-state index in [0.717, 1.165) is 11.3 Å². The predicted molar refractivity (Wildman–Crippen MR) is 59.8 cm³/mol. The minimum atomic E-state index is -2.79. The molecule has 0 saturated carbocycles. The fourth-order valence-electron chi connectivity index (χ4n) is 1.14. The smallest absolute Gasteiger partial charge is 0.282 e. The van der Waals surface area contributed by atoms with E-state index >= 15 is 0 Å². The van der Waals surface area contributed by atoms with E-state index in [1.807, 2.05) is 0 Å². The maximum Gasteiger partial charge on any atom is 0.282 e. The van der Waals surface area contributed by atoms with Crippen LogP contribution < -0.4 is 0 Å². The third-order valence-corrected chi connectivity index (χ3v) is 3.83. The van der Waals surface area contributed by atoms with Gasteiger partial charge in [-0.3, -0.25) is 4.79 Å². The Balaban J connectivity index is 2.44. The van der Waals surface area contributed by atoms with Crippen molar-refractivity contribution in [2.45, 2.75) is 6.43 Å². The summed E-state index contributed by atoms with van der Waals surface area (Å²) in [6, 6.07) is 3.26. The first-order chi connectivity index (χ1) is 7.59. The summed E-state index contributed by atoms with van der Waals surface area (Å²) in [4.78, 5) is 15.6. The number of thiazole rings is 1. The third-order valence-electron chi connectivity index (χ3n) is 1.79. The van der Waals surface area contributed by atoms with Crippen LogP contribution in [0.4, 0.5) is 8.78 Å². The van der Waals surface area contributed by atoms with Crippen molar-refractivity contribution in [3.8, 4) is 0 Å². The van der Waals surface area contributed by atoms with E-state index in [2.05, 4.69) is 4.98 Å². The molecular weight excluding hydrogens is 276 g/mol. The molecule has 0 fully saturated rings. The maximum absolute atomic E-state index is 12.6. The number of alkyl halides is 2. The van der Waals surface area contributed by atoms with Crippen LogP contribution in [0.15, 0.2) is 17.5 Å². The zero-order valence-electron chi connectivity index (χ0n) is 7.62. The Labute approximate surface area is 103 Å². The molecule has 2 rings (SSSR count). The Morgan fingerprint density at radius 3 is 2.81 bits per heavy atom. The number of hydrogen-bond acceptors (Lipinski definition) is 4. The Bertz CT molecular complexity index is 510. The average Bonchev–Trinajstić information content (AvgIpc) is 2.84. The number of ketones is 1. The van der Waals surface area contributed by atoms with E-state index in [-0.39, 0.29) is 9.34 Å². The van der Waals surface area contributed by atoms with Gasteiger partial charge in [0.2, 0.25) is 5.78 Å². The first-order valence-electron chi connectivity index (χ1n) is 4.12. The fraction of sp³-hybridized carbons (Fsp3) is 0.111. The molecule has 0 N–H and O–H groups in total. The van der Waals surface area contributed by atoms with Crippen molar-refractivity contribution in [1.82, 2.24) is 4.98 Å². The number of carbonyl (C=O) groups excluding carboxylic acids is 1. The highest BCUT2D eigenvalue weighted by atomic mass is 35.5. The summed E-state index contributed by atoms with van der Waals surface area (Å²) in [5.74, 6) is -0.449. The van der Waals surface area contributed by atoms with Gasteiger partial charge in [-0.1, -0.05) is 29.0 Å². The molecule has 0 aromatic carbocycles. The summed E-state index contributed by atoms with van der Waals surface area (Å²) in [7, 11) is 0. The third kappa shape index (κ3) is 2.14. The second kappa shape index (κ2) is 4.57. The largest absolute Gasteiger partial charge is 0.287 e. The van der Waals surface area contributed by atoms with Gasteiger partial charge in [-0.15, -0.1) is 11.3 Å². The Hall–Kier alpha value is -0.850. The van der Waals surface area contributed by atoms with Crippen LogP contribution in [-0.2, 0) is 0 Å². The summed E-state index contributed by atoms with van der Waals surface area (Å²) in [6.45, 7) is 0. The zero-order chi connectivity index (χ0) is 11.7. The lowest BCUT2D eigenvalue weighted by Crippen LogP contribution is -2.00. The van der Waals surface area contributed by atoms with Crippen molar-refractivity contribution < 1.29 is 13.6 Å². The van der Waals surface area contributed by atoms with Crippen molar-refractivity contribution in [1.29, 1.82) is 0 Å². The Morgan fingerprint density at radius 2 is 2.25 bits per heavy atom. The summed E-state index contributed by atoms with van der Waals surface area (Å²) >= 11 is 7.52. The van der Waals surface area contributed by atoms with E-state index < -0.39 is 17.9 Å². The second-order valence-electron chi connectivity index (χ2n) is 2.79. The fourth-order valence-corrected chi connectivity index (χ4v) is 2.95. The van der Waals surface area contributed by atoms with Crippen LogP contribution in [0.1, 0.15) is 26.7 Å². The van der Waals surface area contributed by atoms with E-state index in [4.69, 9.17) is 11.6 Å². The second-order valence-corrected chi connectivity index (χ2v) is 5.32. The molecule has 0 saturated heterocycles. The molecule has 0 unspecified atom stereocenters. The number of hydrogen-bond donors (Lipinski definition) is 0. The summed E-state index contributed by atoms with van der Waals surface area (Å²) in [6.07, 6.45) is -2.79. The highest BCUT2D eigenvalue weighted by Gasteiger charge is 2.25. The predicted octanol–water partition coefficient (Wildman–Crippen LogP) is 4.03. The monoisotopic (exact) mass is 279 g/mol. The molecule has 0 radical (unpaired) electrons. The topological polar surface area (TPSA) is 30.0 Å². The van der Waals surface area contributed by atoms with Crippen LogP contribution in [0, 0.1) is 0 Å². The van der Waals surface area contributed by atoms with Gasteiger partial charge in [0.15, 0.2) is 4.47 Å². The molecule has 0 bridgehead atoms. The zero-order valence-corrected chi connectivity index (χ0v) is 10.0. The van der Waals surface area contributed by atoms with Gasteiger partial charge in [0.05, 0.1) is 4.88 Å². The van der Waals surface area contributed by atoms with Gasteiger partial charge in [0, 0.05) is 0 Å². The van der Waals surface area contributed by atoms with Gasteiger partial charge >= 0.3 is 0 Å². The summed E-state index contributed by atoms with van der Waals surface area (Å²) in [5, 5.41) is 1.71. The normalized spacial score (nSPS) is 11.0. The van der Waals surface area contributed by atoms with E-state index in [0.29, 0.717) is 4.88 Å². The highest BCUT2D eigenvalue weighted by molar-refractivity contribution is 7.19. The Morgan fingerprint density at radius 1 is 1.50 bits per heavy atom. The van der Waals surface area contributed by atoms with Crippen LogP contribution >= 0.6 is 34.3 Å². The lowest BCUT2D eigenvalue weighted by atomic mass is 10.2. The van der Waals surface area contributed by atoms with Gasteiger partial charge < -0.3 is 0 Å². The van der Waals surface area contributed by atoms with Crippen LogP contribution in [0.2, 0.25) is 4.47 Å². The summed E-state index contributed by atoms with van der Waals surface area (Å²) in [5.41, 5.74) is -0.534. The van der Waals surface area contributed by atoms with E-state index in [1.54, 1.807) is 17.5 Å². The minimum Gasteiger partial charge on any atom is -0.287 e. The first kappa shape index (κ1) is 11.6. The van der Waals surface area contributed by atoms with Crippen molar-refractivity contribution in [2.24, 2.45) is 0 Å². The molecule has 0 aliphatic rings. The number of aromatic nitrogens is 1. The minimum absolute atomic E-state index is 0.0461. The molecule has 0 aliphatic carbocycles. The molecule has 0 aliphatic heterocycles. The van der Waals surface area contributed by atoms with Crippen molar-refractivity contribution in [2.75, 3.05) is 0 Å². The lowest BCUT2D eigenvalue weighted by Gasteiger charge is -1.97. The van der Waals surface area contributed by atoms with E-state index in [1.165, 1.54) is 11.3 Å². The molecule has 2 heterocycles. The van der Waals surface area contributed by atoms with Crippen LogP contribution in [0.3, 0.4) is 0 Å². The SMILES string of the molecule is O=C(c1cccs1)c1sc(Cl)nc1C(F)F. The lowest BCUT2D eigenvalue weighted by molar-refractivity contribution is 0.103. The quantitative estimate of drug-likeness (QED) is 0.794. The first-order valence-corrected chi connectivity index (χ1v) is 6.19. The Kier molecular flexibility index (Phi) is 3.32. The van der Waals surface area contributed by atoms with Crippen molar-refractivity contribution in [3.63, 3.8) is 0 Å².